The highest BCUT2D eigenvalue weighted by Crippen LogP contribution is 2.20. The first kappa shape index (κ1) is 7.03. The number of aromatic nitrogens is 1. The Bertz CT molecular complexity index is 185. The number of aryl methyl sites for hydroxylation is 1. The van der Waals surface area contributed by atoms with Crippen molar-refractivity contribution in [3.8, 4) is 0 Å². The van der Waals surface area contributed by atoms with Crippen molar-refractivity contribution in [2.75, 3.05) is 0 Å². The molecule has 1 heterocycles. The lowest BCUT2D eigenvalue weighted by Crippen LogP contribution is -1.81. The molecule has 0 bridgehead atoms. The van der Waals surface area contributed by atoms with Crippen LogP contribution in [0.2, 0.25) is 4.34 Å². The van der Waals surface area contributed by atoms with Crippen molar-refractivity contribution in [3.63, 3.8) is 0 Å². The summed E-state index contributed by atoms with van der Waals surface area (Å²) in [5.74, 6) is 0. The molecule has 0 N–H and O–H groups in total. The molecule has 0 aromatic carbocycles. The second-order valence-electron chi connectivity index (χ2n) is 1.82. The van der Waals surface area contributed by atoms with Gasteiger partial charge < -0.3 is 0 Å². The Labute approximate surface area is 63.7 Å². The first-order valence-electron chi connectivity index (χ1n) is 2.92. The zero-order valence-electron chi connectivity index (χ0n) is 5.22. The van der Waals surface area contributed by atoms with Crippen LogP contribution in [0.1, 0.15) is 19.0 Å². The fourth-order valence-electron chi connectivity index (χ4n) is 0.655. The van der Waals surface area contributed by atoms with Gasteiger partial charge in [0.15, 0.2) is 0 Å². The molecule has 0 saturated carbocycles. The van der Waals surface area contributed by atoms with Crippen LogP contribution in [0.3, 0.4) is 0 Å². The van der Waals surface area contributed by atoms with Crippen molar-refractivity contribution in [1.29, 1.82) is 0 Å². The smallest absolute Gasteiger partial charge is 0.116 e. The van der Waals surface area contributed by atoms with Crippen LogP contribution in [-0.4, -0.2) is 4.98 Å². The standard InChI is InChI=1S/C6H8ClNS/c1-2-3-5-6(7)9-4-8-5/h4H,2-3H2,1H3. The summed E-state index contributed by atoms with van der Waals surface area (Å²) < 4.78 is 0.844. The lowest BCUT2D eigenvalue weighted by molar-refractivity contribution is 0.893. The van der Waals surface area contributed by atoms with Gasteiger partial charge >= 0.3 is 0 Å². The van der Waals surface area contributed by atoms with E-state index in [1.807, 2.05) is 0 Å². The molecular weight excluding hydrogens is 154 g/mol. The number of halogens is 1. The molecule has 0 radical (unpaired) electrons. The van der Waals surface area contributed by atoms with E-state index in [4.69, 9.17) is 11.6 Å². The van der Waals surface area contributed by atoms with E-state index in [-0.39, 0.29) is 0 Å². The molecule has 3 heteroatoms. The normalized spacial score (nSPS) is 10.0. The lowest BCUT2D eigenvalue weighted by atomic mass is 10.3. The van der Waals surface area contributed by atoms with Crippen LogP contribution in [0.4, 0.5) is 0 Å². The van der Waals surface area contributed by atoms with Gasteiger partial charge in [-0.3, -0.25) is 0 Å². The number of nitrogens with zero attached hydrogens (tertiary/aromatic N) is 1. The minimum Gasteiger partial charge on any atom is -0.248 e. The van der Waals surface area contributed by atoms with E-state index in [2.05, 4.69) is 11.9 Å². The van der Waals surface area contributed by atoms with Crippen molar-refractivity contribution in [2.24, 2.45) is 0 Å². The summed E-state index contributed by atoms with van der Waals surface area (Å²) in [7, 11) is 0. The molecule has 0 amide bonds. The van der Waals surface area contributed by atoms with Crippen molar-refractivity contribution < 1.29 is 0 Å². The molecule has 0 unspecified atom stereocenters. The molecule has 0 aliphatic heterocycles. The highest BCUT2D eigenvalue weighted by atomic mass is 35.5. The van der Waals surface area contributed by atoms with Gasteiger partial charge in [0.05, 0.1) is 11.2 Å². The molecule has 0 atom stereocenters. The maximum absolute atomic E-state index is 5.77. The molecule has 0 saturated heterocycles. The fourth-order valence-corrected chi connectivity index (χ4v) is 1.48. The van der Waals surface area contributed by atoms with E-state index in [1.165, 1.54) is 11.3 Å². The Morgan fingerprint density at radius 2 is 2.56 bits per heavy atom. The third-order valence-electron chi connectivity index (χ3n) is 1.08. The molecular formula is C6H8ClNS. The van der Waals surface area contributed by atoms with Gasteiger partial charge in [-0.2, -0.15) is 0 Å². The summed E-state index contributed by atoms with van der Waals surface area (Å²) in [6, 6.07) is 0. The van der Waals surface area contributed by atoms with Crippen LogP contribution in [0.5, 0.6) is 0 Å². The summed E-state index contributed by atoms with van der Waals surface area (Å²) in [6.07, 6.45) is 2.12. The summed E-state index contributed by atoms with van der Waals surface area (Å²) in [5, 5.41) is 0. The van der Waals surface area contributed by atoms with Crippen LogP contribution in [0, 0.1) is 0 Å². The summed E-state index contributed by atoms with van der Waals surface area (Å²) >= 11 is 7.27. The molecule has 0 fully saturated rings. The number of hydrogen-bond acceptors (Lipinski definition) is 2. The number of thiazole rings is 1. The van der Waals surface area contributed by atoms with E-state index in [0.29, 0.717) is 0 Å². The minimum absolute atomic E-state index is 0.844. The summed E-state index contributed by atoms with van der Waals surface area (Å²) in [6.45, 7) is 2.12. The molecule has 1 aromatic rings. The van der Waals surface area contributed by atoms with Gasteiger partial charge in [0.25, 0.3) is 0 Å². The Hall–Kier alpha value is -0.0800. The van der Waals surface area contributed by atoms with Crippen LogP contribution in [-0.2, 0) is 6.42 Å². The van der Waals surface area contributed by atoms with E-state index < -0.39 is 0 Å². The second kappa shape index (κ2) is 3.18. The van der Waals surface area contributed by atoms with Gasteiger partial charge in [-0.1, -0.05) is 24.9 Å². The van der Waals surface area contributed by atoms with E-state index in [9.17, 15) is 0 Å². The molecule has 0 spiro atoms. The minimum atomic E-state index is 0.844. The fraction of sp³-hybridized carbons (Fsp3) is 0.500. The predicted octanol–water partition coefficient (Wildman–Crippen LogP) is 2.75. The van der Waals surface area contributed by atoms with Gasteiger partial charge in [-0.15, -0.1) is 11.3 Å². The van der Waals surface area contributed by atoms with E-state index in [0.717, 1.165) is 22.9 Å². The van der Waals surface area contributed by atoms with Crippen molar-refractivity contribution in [1.82, 2.24) is 4.98 Å². The Balaban J connectivity index is 2.69. The average molecular weight is 162 g/mol. The number of rotatable bonds is 2. The average Bonchev–Trinajstić information content (AvgIpc) is 2.18. The van der Waals surface area contributed by atoms with Crippen molar-refractivity contribution in [2.45, 2.75) is 19.8 Å². The van der Waals surface area contributed by atoms with Gasteiger partial charge in [-0.05, 0) is 6.42 Å². The van der Waals surface area contributed by atoms with Crippen LogP contribution < -0.4 is 0 Å². The van der Waals surface area contributed by atoms with Crippen LogP contribution >= 0.6 is 22.9 Å². The van der Waals surface area contributed by atoms with Crippen LogP contribution in [0.25, 0.3) is 0 Å². The van der Waals surface area contributed by atoms with E-state index >= 15 is 0 Å². The highest BCUT2D eigenvalue weighted by Gasteiger charge is 1.99. The molecule has 50 valence electrons. The van der Waals surface area contributed by atoms with Gasteiger partial charge in [0, 0.05) is 0 Å². The topological polar surface area (TPSA) is 12.9 Å². The zero-order chi connectivity index (χ0) is 6.69. The zero-order valence-corrected chi connectivity index (χ0v) is 6.80. The first-order chi connectivity index (χ1) is 4.34. The lowest BCUT2D eigenvalue weighted by Gasteiger charge is -1.88. The second-order valence-corrected chi connectivity index (χ2v) is 3.28. The maximum atomic E-state index is 5.77. The Kier molecular flexibility index (Phi) is 2.49. The van der Waals surface area contributed by atoms with Gasteiger partial charge in [-0.25, -0.2) is 4.98 Å². The van der Waals surface area contributed by atoms with Crippen LogP contribution in [0.15, 0.2) is 5.51 Å². The molecule has 0 aliphatic rings. The van der Waals surface area contributed by atoms with Gasteiger partial charge in [0.1, 0.15) is 4.34 Å². The molecule has 1 aromatic heterocycles. The monoisotopic (exact) mass is 161 g/mol. The quantitative estimate of drug-likeness (QED) is 0.650. The Morgan fingerprint density at radius 1 is 1.78 bits per heavy atom. The van der Waals surface area contributed by atoms with E-state index in [1.54, 1.807) is 5.51 Å². The van der Waals surface area contributed by atoms with Crippen molar-refractivity contribution >= 4 is 22.9 Å². The molecule has 1 rings (SSSR count). The number of hydrogen-bond donors (Lipinski definition) is 0. The molecule has 1 nitrogen and oxygen atoms in total. The summed E-state index contributed by atoms with van der Waals surface area (Å²) in [5.41, 5.74) is 2.83. The summed E-state index contributed by atoms with van der Waals surface area (Å²) in [4.78, 5) is 4.09. The SMILES string of the molecule is CCCc1ncsc1Cl. The first-order valence-corrected chi connectivity index (χ1v) is 4.18. The largest absolute Gasteiger partial charge is 0.248 e. The van der Waals surface area contributed by atoms with Gasteiger partial charge in [0.2, 0.25) is 0 Å². The van der Waals surface area contributed by atoms with Crippen molar-refractivity contribution in [3.05, 3.63) is 15.5 Å². The predicted molar refractivity (Wildman–Crippen MR) is 41.1 cm³/mol. The Morgan fingerprint density at radius 3 is 3.00 bits per heavy atom. The third kappa shape index (κ3) is 1.66. The third-order valence-corrected chi connectivity index (χ3v) is 2.22. The molecule has 9 heavy (non-hydrogen) atoms. The molecule has 0 aliphatic carbocycles. The highest BCUT2D eigenvalue weighted by molar-refractivity contribution is 7.14. The maximum Gasteiger partial charge on any atom is 0.116 e.